The Balaban J connectivity index is 2.04. The summed E-state index contributed by atoms with van der Waals surface area (Å²) in [5.74, 6) is 0. The van der Waals surface area contributed by atoms with Crippen LogP contribution in [0.4, 0.5) is 0 Å². The first-order chi connectivity index (χ1) is 8.06. The second-order valence-electron chi connectivity index (χ2n) is 5.76. The van der Waals surface area contributed by atoms with Crippen LogP contribution >= 0.6 is 0 Å². The maximum atomic E-state index is 3.77. The van der Waals surface area contributed by atoms with Crippen molar-refractivity contribution >= 4 is 0 Å². The SMILES string of the molecule is CCn1c(C)cc(CNC2(C)CCCC2)c1C. The molecule has 1 aliphatic carbocycles. The Kier molecular flexibility index (Phi) is 3.62. The molecule has 0 aromatic carbocycles. The second kappa shape index (κ2) is 4.85. The van der Waals surface area contributed by atoms with Crippen molar-refractivity contribution in [3.63, 3.8) is 0 Å². The van der Waals surface area contributed by atoms with E-state index in [2.05, 4.69) is 43.6 Å². The molecule has 0 spiro atoms. The molecule has 0 atom stereocenters. The van der Waals surface area contributed by atoms with E-state index in [-0.39, 0.29) is 0 Å². The molecule has 0 amide bonds. The molecule has 96 valence electrons. The third kappa shape index (κ3) is 2.57. The van der Waals surface area contributed by atoms with Gasteiger partial charge in [0.1, 0.15) is 0 Å². The summed E-state index contributed by atoms with van der Waals surface area (Å²) in [6, 6.07) is 2.34. The number of hydrogen-bond donors (Lipinski definition) is 1. The average Bonchev–Trinajstić information content (AvgIpc) is 2.82. The van der Waals surface area contributed by atoms with Gasteiger partial charge in [-0.05, 0) is 52.2 Å². The molecule has 0 saturated heterocycles. The number of rotatable bonds is 4. The number of hydrogen-bond acceptors (Lipinski definition) is 1. The van der Waals surface area contributed by atoms with Crippen molar-refractivity contribution in [2.75, 3.05) is 0 Å². The zero-order chi connectivity index (χ0) is 12.5. The van der Waals surface area contributed by atoms with Gasteiger partial charge in [-0.3, -0.25) is 0 Å². The molecule has 1 N–H and O–H groups in total. The normalized spacial score (nSPS) is 18.8. The van der Waals surface area contributed by atoms with Gasteiger partial charge in [0.2, 0.25) is 0 Å². The summed E-state index contributed by atoms with van der Waals surface area (Å²) in [5.41, 5.74) is 4.67. The Morgan fingerprint density at radius 3 is 2.47 bits per heavy atom. The Bertz CT molecular complexity index is 384. The van der Waals surface area contributed by atoms with E-state index in [1.54, 1.807) is 0 Å². The Hall–Kier alpha value is -0.760. The lowest BCUT2D eigenvalue weighted by molar-refractivity contribution is 0.362. The van der Waals surface area contributed by atoms with Crippen molar-refractivity contribution in [3.05, 3.63) is 23.0 Å². The standard InChI is InChI=1S/C15H26N2/c1-5-17-12(2)10-14(13(17)3)11-16-15(4)8-6-7-9-15/h10,16H,5-9,11H2,1-4H3. The van der Waals surface area contributed by atoms with Crippen molar-refractivity contribution in [2.45, 2.75) is 72.0 Å². The molecule has 1 saturated carbocycles. The molecule has 1 aromatic rings. The molecule has 2 nitrogen and oxygen atoms in total. The van der Waals surface area contributed by atoms with E-state index in [0.29, 0.717) is 5.54 Å². The fraction of sp³-hybridized carbons (Fsp3) is 0.733. The fourth-order valence-electron chi connectivity index (χ4n) is 3.18. The summed E-state index contributed by atoms with van der Waals surface area (Å²) in [6.45, 7) is 11.1. The molecule has 0 radical (unpaired) electrons. The predicted molar refractivity (Wildman–Crippen MR) is 73.3 cm³/mol. The molecule has 1 aromatic heterocycles. The molecule has 0 aliphatic heterocycles. The highest BCUT2D eigenvalue weighted by molar-refractivity contribution is 5.26. The number of aromatic nitrogens is 1. The van der Waals surface area contributed by atoms with E-state index in [1.165, 1.54) is 42.6 Å². The summed E-state index contributed by atoms with van der Waals surface area (Å²) in [7, 11) is 0. The zero-order valence-corrected chi connectivity index (χ0v) is 11.8. The van der Waals surface area contributed by atoms with Gasteiger partial charge >= 0.3 is 0 Å². The van der Waals surface area contributed by atoms with E-state index < -0.39 is 0 Å². The monoisotopic (exact) mass is 234 g/mol. The minimum atomic E-state index is 0.384. The molecular weight excluding hydrogens is 208 g/mol. The number of aryl methyl sites for hydroxylation is 1. The number of nitrogens with zero attached hydrogens (tertiary/aromatic N) is 1. The maximum Gasteiger partial charge on any atom is 0.0228 e. The fourth-order valence-corrected chi connectivity index (χ4v) is 3.18. The number of nitrogens with one attached hydrogen (secondary N) is 1. The second-order valence-corrected chi connectivity index (χ2v) is 5.76. The van der Waals surface area contributed by atoms with E-state index >= 15 is 0 Å². The van der Waals surface area contributed by atoms with Crippen molar-refractivity contribution in [1.29, 1.82) is 0 Å². The molecule has 1 heterocycles. The van der Waals surface area contributed by atoms with Crippen LogP contribution in [0.25, 0.3) is 0 Å². The lowest BCUT2D eigenvalue weighted by atomic mass is 10.0. The van der Waals surface area contributed by atoms with E-state index in [4.69, 9.17) is 0 Å². The van der Waals surface area contributed by atoms with Gasteiger partial charge in [-0.15, -0.1) is 0 Å². The maximum absolute atomic E-state index is 3.77. The van der Waals surface area contributed by atoms with Crippen molar-refractivity contribution in [2.24, 2.45) is 0 Å². The third-order valence-corrected chi connectivity index (χ3v) is 4.41. The highest BCUT2D eigenvalue weighted by atomic mass is 15.0. The van der Waals surface area contributed by atoms with Crippen molar-refractivity contribution in [3.8, 4) is 0 Å². The Morgan fingerprint density at radius 1 is 1.29 bits per heavy atom. The minimum Gasteiger partial charge on any atom is -0.349 e. The van der Waals surface area contributed by atoms with Crippen LogP contribution in [0, 0.1) is 13.8 Å². The van der Waals surface area contributed by atoms with E-state index in [1.807, 2.05) is 0 Å². The summed E-state index contributed by atoms with van der Waals surface area (Å²) in [4.78, 5) is 0. The first-order valence-corrected chi connectivity index (χ1v) is 6.96. The van der Waals surface area contributed by atoms with Crippen LogP contribution in [-0.4, -0.2) is 10.1 Å². The van der Waals surface area contributed by atoms with Crippen molar-refractivity contribution < 1.29 is 0 Å². The van der Waals surface area contributed by atoms with Gasteiger partial charge in [0.15, 0.2) is 0 Å². The van der Waals surface area contributed by atoms with Crippen LogP contribution in [0.5, 0.6) is 0 Å². The lowest BCUT2D eigenvalue weighted by Crippen LogP contribution is -2.38. The van der Waals surface area contributed by atoms with E-state index in [9.17, 15) is 0 Å². The molecule has 17 heavy (non-hydrogen) atoms. The van der Waals surface area contributed by atoms with Crippen LogP contribution in [-0.2, 0) is 13.1 Å². The van der Waals surface area contributed by atoms with Gasteiger partial charge in [0.25, 0.3) is 0 Å². The van der Waals surface area contributed by atoms with E-state index in [0.717, 1.165) is 13.1 Å². The Morgan fingerprint density at radius 2 is 1.94 bits per heavy atom. The highest BCUT2D eigenvalue weighted by Crippen LogP contribution is 2.29. The predicted octanol–water partition coefficient (Wildman–Crippen LogP) is 3.55. The molecule has 1 aliphatic rings. The zero-order valence-electron chi connectivity index (χ0n) is 11.8. The van der Waals surface area contributed by atoms with Gasteiger partial charge in [0.05, 0.1) is 0 Å². The smallest absolute Gasteiger partial charge is 0.0228 e. The summed E-state index contributed by atoms with van der Waals surface area (Å²) in [6.07, 6.45) is 5.44. The average molecular weight is 234 g/mol. The molecular formula is C15H26N2. The highest BCUT2D eigenvalue weighted by Gasteiger charge is 2.27. The lowest BCUT2D eigenvalue weighted by Gasteiger charge is -2.25. The molecule has 2 rings (SSSR count). The summed E-state index contributed by atoms with van der Waals surface area (Å²) in [5, 5.41) is 3.77. The molecule has 0 unspecified atom stereocenters. The van der Waals surface area contributed by atoms with Gasteiger partial charge in [-0.25, -0.2) is 0 Å². The van der Waals surface area contributed by atoms with Crippen molar-refractivity contribution in [1.82, 2.24) is 9.88 Å². The largest absolute Gasteiger partial charge is 0.349 e. The quantitative estimate of drug-likeness (QED) is 0.843. The topological polar surface area (TPSA) is 17.0 Å². The molecule has 2 heteroatoms. The summed E-state index contributed by atoms with van der Waals surface area (Å²) >= 11 is 0. The van der Waals surface area contributed by atoms with Crippen LogP contribution in [0.2, 0.25) is 0 Å². The van der Waals surface area contributed by atoms with Gasteiger partial charge in [-0.1, -0.05) is 12.8 Å². The summed E-state index contributed by atoms with van der Waals surface area (Å²) < 4.78 is 2.40. The first-order valence-electron chi connectivity index (χ1n) is 6.96. The Labute approximate surface area is 105 Å². The van der Waals surface area contributed by atoms with Gasteiger partial charge in [-0.2, -0.15) is 0 Å². The van der Waals surface area contributed by atoms with Crippen LogP contribution in [0.15, 0.2) is 6.07 Å². The van der Waals surface area contributed by atoms with Crippen LogP contribution < -0.4 is 5.32 Å². The molecule has 1 fully saturated rings. The van der Waals surface area contributed by atoms with Crippen LogP contribution in [0.1, 0.15) is 56.5 Å². The third-order valence-electron chi connectivity index (χ3n) is 4.41. The van der Waals surface area contributed by atoms with Gasteiger partial charge in [0, 0.05) is 30.0 Å². The molecule has 0 bridgehead atoms. The van der Waals surface area contributed by atoms with Gasteiger partial charge < -0.3 is 9.88 Å². The minimum absolute atomic E-state index is 0.384. The first kappa shape index (κ1) is 12.7. The van der Waals surface area contributed by atoms with Crippen LogP contribution in [0.3, 0.4) is 0 Å².